The van der Waals surface area contributed by atoms with Crippen LogP contribution in [0.4, 0.5) is 5.69 Å². The van der Waals surface area contributed by atoms with Gasteiger partial charge in [-0.1, -0.05) is 31.2 Å². The molecule has 0 saturated carbocycles. The van der Waals surface area contributed by atoms with Crippen LogP contribution in [0.15, 0.2) is 53.4 Å². The molecular weight excluding hydrogens is 334 g/mol. The molecule has 25 heavy (non-hydrogen) atoms. The second-order valence-corrected chi connectivity index (χ2v) is 7.65. The fourth-order valence-electron chi connectivity index (χ4n) is 2.35. The molecule has 0 bridgehead atoms. The van der Waals surface area contributed by atoms with Gasteiger partial charge in [0.15, 0.2) is 0 Å². The predicted octanol–water partition coefficient (Wildman–Crippen LogP) is 4.34. The Morgan fingerprint density at radius 3 is 2.16 bits per heavy atom. The highest BCUT2D eigenvalue weighted by Crippen LogP contribution is 2.25. The van der Waals surface area contributed by atoms with Crippen LogP contribution in [0.25, 0.3) is 0 Å². The molecule has 0 heterocycles. The van der Waals surface area contributed by atoms with Crippen LogP contribution in [0, 0.1) is 0 Å². The number of benzene rings is 2. The van der Waals surface area contributed by atoms with E-state index in [0.29, 0.717) is 17.7 Å². The lowest BCUT2D eigenvalue weighted by Crippen LogP contribution is -2.28. The molecule has 0 radical (unpaired) electrons. The van der Waals surface area contributed by atoms with Crippen molar-refractivity contribution in [2.24, 2.45) is 0 Å². The zero-order valence-corrected chi connectivity index (χ0v) is 15.5. The summed E-state index contributed by atoms with van der Waals surface area (Å²) in [4.78, 5) is 24.7. The van der Waals surface area contributed by atoms with Gasteiger partial charge in [0.2, 0.25) is 5.91 Å². The number of nitrogens with one attached hydrogen (secondary N) is 1. The topological polar surface area (TPSA) is 66.4 Å². The molecule has 4 nitrogen and oxygen atoms in total. The number of carbonyl (C=O) groups excluding carboxylic acids is 1. The van der Waals surface area contributed by atoms with Crippen molar-refractivity contribution in [2.75, 3.05) is 11.1 Å². The molecule has 0 spiro atoms. The second-order valence-electron chi connectivity index (χ2n) is 6.31. The Hall–Kier alpha value is -2.27. The highest BCUT2D eigenvalue weighted by molar-refractivity contribution is 7.99. The van der Waals surface area contributed by atoms with Crippen molar-refractivity contribution in [1.29, 1.82) is 0 Å². The highest BCUT2D eigenvalue weighted by atomic mass is 32.2. The van der Waals surface area contributed by atoms with Gasteiger partial charge >= 0.3 is 5.97 Å². The van der Waals surface area contributed by atoms with Crippen LogP contribution < -0.4 is 5.32 Å². The molecule has 2 rings (SSSR count). The van der Waals surface area contributed by atoms with Gasteiger partial charge in [0, 0.05) is 10.6 Å². The molecule has 1 amide bonds. The van der Waals surface area contributed by atoms with Crippen molar-refractivity contribution in [2.45, 2.75) is 37.5 Å². The van der Waals surface area contributed by atoms with E-state index >= 15 is 0 Å². The lowest BCUT2D eigenvalue weighted by atomic mass is 9.85. The summed E-state index contributed by atoms with van der Waals surface area (Å²) in [5.74, 6) is 0.0456. The summed E-state index contributed by atoms with van der Waals surface area (Å²) < 4.78 is 0. The maximum absolute atomic E-state index is 12.2. The summed E-state index contributed by atoms with van der Waals surface area (Å²) in [6.07, 6.45) is 0.305. The first-order valence-electron chi connectivity index (χ1n) is 8.18. The first-order valence-corrected chi connectivity index (χ1v) is 9.17. The summed E-state index contributed by atoms with van der Waals surface area (Å²) in [5, 5.41) is 12.1. The first-order chi connectivity index (χ1) is 11.8. The molecule has 0 saturated heterocycles. The Balaban J connectivity index is 1.97. The van der Waals surface area contributed by atoms with E-state index in [-0.39, 0.29) is 5.91 Å². The zero-order valence-electron chi connectivity index (χ0n) is 14.7. The van der Waals surface area contributed by atoms with Gasteiger partial charge in [-0.2, -0.15) is 0 Å². The molecule has 5 heteroatoms. The number of thioether (sulfide) groups is 1. The summed E-state index contributed by atoms with van der Waals surface area (Å²) >= 11 is 1.77. The van der Waals surface area contributed by atoms with E-state index in [9.17, 15) is 14.7 Å². The Labute approximate surface area is 152 Å². The Morgan fingerprint density at radius 1 is 1.04 bits per heavy atom. The molecule has 2 aromatic carbocycles. The van der Waals surface area contributed by atoms with Crippen LogP contribution >= 0.6 is 11.8 Å². The van der Waals surface area contributed by atoms with Gasteiger partial charge in [-0.15, -0.1) is 11.8 Å². The molecular formula is C20H23NO3S. The minimum Gasteiger partial charge on any atom is -0.481 e. The lowest BCUT2D eigenvalue weighted by molar-refractivity contribution is -0.142. The normalized spacial score (nSPS) is 11.2. The molecule has 0 aliphatic carbocycles. The van der Waals surface area contributed by atoms with Crippen LogP contribution in [0.5, 0.6) is 0 Å². The number of amides is 1. The quantitative estimate of drug-likeness (QED) is 0.723. The van der Waals surface area contributed by atoms with Crippen molar-refractivity contribution in [3.8, 4) is 0 Å². The predicted molar refractivity (Wildman–Crippen MR) is 102 cm³/mol. The maximum Gasteiger partial charge on any atom is 0.313 e. The highest BCUT2D eigenvalue weighted by Gasteiger charge is 2.29. The number of carboxylic acids is 1. The number of anilines is 1. The molecule has 0 aromatic heterocycles. The number of rotatable bonds is 7. The van der Waals surface area contributed by atoms with Crippen molar-refractivity contribution in [3.05, 3.63) is 59.7 Å². The number of aliphatic carboxylic acids is 1. The molecule has 0 unspecified atom stereocenters. The fraction of sp³-hybridized carbons (Fsp3) is 0.300. The summed E-state index contributed by atoms with van der Waals surface area (Å²) in [6, 6.07) is 14.9. The molecule has 0 aliphatic rings. The van der Waals surface area contributed by atoms with E-state index in [1.807, 2.05) is 24.3 Å². The Bertz CT molecular complexity index is 737. The SMILES string of the molecule is CCSc1ccc(CC(=O)Nc2ccc(C(C)(C)C(=O)O)cc2)cc1. The van der Waals surface area contributed by atoms with Crippen LogP contribution in [-0.4, -0.2) is 22.7 Å². The number of hydrogen-bond acceptors (Lipinski definition) is 3. The molecule has 2 aromatic rings. The fourth-order valence-corrected chi connectivity index (χ4v) is 3.02. The average molecular weight is 357 g/mol. The zero-order chi connectivity index (χ0) is 18.4. The smallest absolute Gasteiger partial charge is 0.313 e. The van der Waals surface area contributed by atoms with Crippen molar-refractivity contribution in [1.82, 2.24) is 0 Å². The minimum atomic E-state index is -0.958. The third-order valence-electron chi connectivity index (χ3n) is 4.02. The molecule has 0 fully saturated rings. The van der Waals surface area contributed by atoms with Crippen molar-refractivity contribution >= 4 is 29.3 Å². The summed E-state index contributed by atoms with van der Waals surface area (Å²) in [7, 11) is 0. The van der Waals surface area contributed by atoms with Crippen LogP contribution in [0.3, 0.4) is 0 Å². The van der Waals surface area contributed by atoms with E-state index in [1.165, 1.54) is 4.90 Å². The van der Waals surface area contributed by atoms with Crippen molar-refractivity contribution in [3.63, 3.8) is 0 Å². The van der Waals surface area contributed by atoms with E-state index in [4.69, 9.17) is 0 Å². The van der Waals surface area contributed by atoms with Crippen LogP contribution in [-0.2, 0) is 21.4 Å². The summed E-state index contributed by atoms with van der Waals surface area (Å²) in [6.45, 7) is 5.42. The van der Waals surface area contributed by atoms with Gasteiger partial charge in [0.25, 0.3) is 0 Å². The summed E-state index contributed by atoms with van der Waals surface area (Å²) in [5.41, 5.74) is 1.36. The van der Waals surface area contributed by atoms with E-state index in [2.05, 4.69) is 12.2 Å². The molecule has 0 aliphatic heterocycles. The molecule has 0 atom stereocenters. The standard InChI is InChI=1S/C20H23NO3S/c1-4-25-17-11-5-14(6-12-17)13-18(22)21-16-9-7-15(8-10-16)20(2,3)19(23)24/h5-12H,4,13H2,1-3H3,(H,21,22)(H,23,24). The molecule has 2 N–H and O–H groups in total. The monoisotopic (exact) mass is 357 g/mol. The molecule has 132 valence electrons. The maximum atomic E-state index is 12.2. The number of hydrogen-bond donors (Lipinski definition) is 2. The van der Waals surface area contributed by atoms with Crippen LogP contribution in [0.2, 0.25) is 0 Å². The van der Waals surface area contributed by atoms with Gasteiger partial charge < -0.3 is 10.4 Å². The van der Waals surface area contributed by atoms with Gasteiger partial charge in [-0.05, 0) is 55.0 Å². The van der Waals surface area contributed by atoms with Gasteiger partial charge in [-0.3, -0.25) is 9.59 Å². The van der Waals surface area contributed by atoms with Gasteiger partial charge in [0.05, 0.1) is 11.8 Å². The Morgan fingerprint density at radius 2 is 1.64 bits per heavy atom. The number of carbonyl (C=O) groups is 2. The lowest BCUT2D eigenvalue weighted by Gasteiger charge is -2.19. The second kappa shape index (κ2) is 8.21. The van der Waals surface area contributed by atoms with Crippen LogP contribution in [0.1, 0.15) is 31.9 Å². The van der Waals surface area contributed by atoms with E-state index < -0.39 is 11.4 Å². The first kappa shape index (κ1) is 19.1. The van der Waals surface area contributed by atoms with Gasteiger partial charge in [-0.25, -0.2) is 0 Å². The average Bonchev–Trinajstić information content (AvgIpc) is 2.57. The third-order valence-corrected chi connectivity index (χ3v) is 4.92. The van der Waals surface area contributed by atoms with E-state index in [0.717, 1.165) is 11.3 Å². The minimum absolute atomic E-state index is 0.0962. The number of carboxylic acid groups (broad SMARTS) is 1. The Kier molecular flexibility index (Phi) is 6.26. The van der Waals surface area contributed by atoms with Crippen molar-refractivity contribution < 1.29 is 14.7 Å². The third kappa shape index (κ3) is 5.10. The van der Waals surface area contributed by atoms with Gasteiger partial charge in [0.1, 0.15) is 0 Å². The largest absolute Gasteiger partial charge is 0.481 e. The van der Waals surface area contributed by atoms with E-state index in [1.54, 1.807) is 49.9 Å².